The van der Waals surface area contributed by atoms with Crippen LogP contribution in [0.15, 0.2) is 94.7 Å². The Bertz CT molecular complexity index is 1820. The van der Waals surface area contributed by atoms with Crippen LogP contribution in [0.2, 0.25) is 0 Å². The van der Waals surface area contributed by atoms with Gasteiger partial charge in [0.1, 0.15) is 0 Å². The molecule has 0 atom stereocenters. The van der Waals surface area contributed by atoms with Gasteiger partial charge in [-0.05, 0) is 77.4 Å². The maximum Gasteiger partial charge on any atom is 0.261 e. The van der Waals surface area contributed by atoms with Gasteiger partial charge in [0.25, 0.3) is 10.0 Å². The average Bonchev–Trinajstić information content (AvgIpc) is 2.93. The lowest BCUT2D eigenvalue weighted by molar-refractivity contribution is -0.121. The Morgan fingerprint density at radius 2 is 1.46 bits per heavy atom. The van der Waals surface area contributed by atoms with Gasteiger partial charge in [0.2, 0.25) is 15.9 Å². The Morgan fingerprint density at radius 1 is 0.805 bits per heavy atom. The first-order valence-electron chi connectivity index (χ1n) is 12.3. The molecule has 4 aromatic rings. The SMILES string of the molecule is Cc1ccc(S(=O)(=O)N(C)C)cc1NC(=S)NNC(=O)Cc1ccc(NS(=O)(=O)c2ccc3ccccc3c2)cc1. The lowest BCUT2D eigenvalue weighted by Gasteiger charge is -2.16. The Morgan fingerprint density at radius 3 is 2.15 bits per heavy atom. The first kappa shape index (κ1) is 29.9. The number of nitrogens with one attached hydrogen (secondary N) is 4. The molecule has 1 amide bonds. The number of hydrogen-bond acceptors (Lipinski definition) is 6. The third-order valence-electron chi connectivity index (χ3n) is 6.15. The smallest absolute Gasteiger partial charge is 0.261 e. The predicted octanol–water partition coefficient (Wildman–Crippen LogP) is 3.76. The van der Waals surface area contributed by atoms with Gasteiger partial charge in [-0.3, -0.25) is 20.4 Å². The van der Waals surface area contributed by atoms with Crippen LogP contribution >= 0.6 is 12.2 Å². The van der Waals surface area contributed by atoms with Gasteiger partial charge in [0, 0.05) is 25.5 Å². The fourth-order valence-electron chi connectivity index (χ4n) is 3.86. The number of aryl methyl sites for hydroxylation is 1. The summed E-state index contributed by atoms with van der Waals surface area (Å²) in [5.41, 5.74) is 7.33. The third kappa shape index (κ3) is 7.38. The molecular formula is C28H29N5O5S3. The van der Waals surface area contributed by atoms with Crippen molar-refractivity contribution in [1.82, 2.24) is 15.2 Å². The molecule has 0 saturated carbocycles. The van der Waals surface area contributed by atoms with Crippen molar-refractivity contribution in [3.05, 3.63) is 96.1 Å². The number of thiocarbonyl (C=S) groups is 1. The minimum atomic E-state index is -3.80. The van der Waals surface area contributed by atoms with Crippen LogP contribution in [0.3, 0.4) is 0 Å². The van der Waals surface area contributed by atoms with Crippen LogP contribution in [0.5, 0.6) is 0 Å². The zero-order valence-electron chi connectivity index (χ0n) is 22.5. The number of amides is 1. The number of hydrazine groups is 1. The minimum Gasteiger partial charge on any atom is -0.331 e. The molecule has 0 bridgehead atoms. The lowest BCUT2D eigenvalue weighted by Crippen LogP contribution is -2.44. The van der Waals surface area contributed by atoms with Crippen LogP contribution in [0.1, 0.15) is 11.1 Å². The number of rotatable bonds is 8. The number of hydrogen-bond donors (Lipinski definition) is 4. The summed E-state index contributed by atoms with van der Waals surface area (Å²) in [6.07, 6.45) is 0.00289. The Balaban J connectivity index is 1.31. The van der Waals surface area contributed by atoms with E-state index in [2.05, 4.69) is 20.9 Å². The highest BCUT2D eigenvalue weighted by Gasteiger charge is 2.19. The Kier molecular flexibility index (Phi) is 8.92. The molecule has 0 aromatic heterocycles. The lowest BCUT2D eigenvalue weighted by atomic mass is 10.1. The van der Waals surface area contributed by atoms with E-state index in [1.54, 1.807) is 55.5 Å². The summed E-state index contributed by atoms with van der Waals surface area (Å²) >= 11 is 5.24. The number of anilines is 2. The van der Waals surface area contributed by atoms with Crippen molar-refractivity contribution in [3.63, 3.8) is 0 Å². The molecule has 0 spiro atoms. The van der Waals surface area contributed by atoms with Crippen molar-refractivity contribution < 1.29 is 21.6 Å². The van der Waals surface area contributed by atoms with Gasteiger partial charge < -0.3 is 5.32 Å². The van der Waals surface area contributed by atoms with Gasteiger partial charge in [-0.25, -0.2) is 21.1 Å². The van der Waals surface area contributed by atoms with Crippen LogP contribution in [-0.2, 0) is 31.3 Å². The summed E-state index contributed by atoms with van der Waals surface area (Å²) in [4.78, 5) is 12.7. The van der Waals surface area contributed by atoms with Gasteiger partial charge in [-0.2, -0.15) is 0 Å². The molecule has 4 rings (SSSR count). The molecular weight excluding hydrogens is 583 g/mol. The molecule has 0 aliphatic carbocycles. The first-order valence-corrected chi connectivity index (χ1v) is 15.7. The molecule has 0 heterocycles. The van der Waals surface area contributed by atoms with Gasteiger partial charge >= 0.3 is 0 Å². The van der Waals surface area contributed by atoms with E-state index in [1.165, 1.54) is 26.2 Å². The molecule has 41 heavy (non-hydrogen) atoms. The molecule has 0 unspecified atom stereocenters. The second kappa shape index (κ2) is 12.2. The molecule has 214 valence electrons. The molecule has 4 aromatic carbocycles. The van der Waals surface area contributed by atoms with Crippen molar-refractivity contribution in [2.24, 2.45) is 0 Å². The zero-order chi connectivity index (χ0) is 29.8. The third-order valence-corrected chi connectivity index (χ3v) is 9.55. The maximum absolute atomic E-state index is 12.9. The highest BCUT2D eigenvalue weighted by atomic mass is 32.2. The summed E-state index contributed by atoms with van der Waals surface area (Å²) in [5, 5.41) is 4.72. The largest absolute Gasteiger partial charge is 0.331 e. The van der Waals surface area contributed by atoms with E-state index in [-0.39, 0.29) is 27.2 Å². The van der Waals surface area contributed by atoms with E-state index in [1.807, 2.05) is 24.3 Å². The van der Waals surface area contributed by atoms with E-state index in [0.717, 1.165) is 20.6 Å². The van der Waals surface area contributed by atoms with Gasteiger partial charge in [-0.1, -0.05) is 48.5 Å². The van der Waals surface area contributed by atoms with Gasteiger partial charge in [0.15, 0.2) is 5.11 Å². The topological polar surface area (TPSA) is 137 Å². The van der Waals surface area contributed by atoms with Crippen molar-refractivity contribution >= 4 is 65.4 Å². The molecule has 0 saturated heterocycles. The normalized spacial score (nSPS) is 11.7. The van der Waals surface area contributed by atoms with E-state index in [0.29, 0.717) is 16.9 Å². The molecule has 0 fully saturated rings. The quantitative estimate of drug-likeness (QED) is 0.175. The van der Waals surface area contributed by atoms with E-state index < -0.39 is 20.0 Å². The van der Waals surface area contributed by atoms with Gasteiger partial charge in [-0.15, -0.1) is 0 Å². The van der Waals surface area contributed by atoms with Crippen LogP contribution < -0.4 is 20.9 Å². The number of carbonyl (C=O) groups excluding carboxylic acids is 1. The average molecular weight is 612 g/mol. The van der Waals surface area contributed by atoms with Crippen molar-refractivity contribution in [3.8, 4) is 0 Å². The summed E-state index contributed by atoms with van der Waals surface area (Å²) in [6, 6.07) is 23.5. The molecule has 0 aliphatic rings. The standard InChI is InChI=1S/C28H29N5O5S3/c1-19-8-14-25(41(37,38)33(2)3)18-26(19)29-28(39)31-30-27(34)16-20-9-12-23(13-10-20)32-40(35,36)24-15-11-21-6-4-5-7-22(21)17-24/h4-15,17-18,32H,16H2,1-3H3,(H,30,34)(H2,29,31,39). The molecule has 10 nitrogen and oxygen atoms in total. The van der Waals surface area contributed by atoms with Crippen LogP contribution in [0.25, 0.3) is 10.8 Å². The summed E-state index contributed by atoms with van der Waals surface area (Å²) in [7, 11) is -4.53. The second-order valence-electron chi connectivity index (χ2n) is 9.38. The summed E-state index contributed by atoms with van der Waals surface area (Å²) in [6.45, 7) is 1.79. The molecule has 0 aliphatic heterocycles. The molecule has 0 radical (unpaired) electrons. The first-order chi connectivity index (χ1) is 19.3. The number of carbonyl (C=O) groups is 1. The Hall–Kier alpha value is -4.04. The number of nitrogens with zero attached hydrogens (tertiary/aromatic N) is 1. The van der Waals surface area contributed by atoms with Gasteiger partial charge in [0.05, 0.1) is 16.2 Å². The van der Waals surface area contributed by atoms with E-state index in [4.69, 9.17) is 12.2 Å². The zero-order valence-corrected chi connectivity index (χ0v) is 25.0. The highest BCUT2D eigenvalue weighted by Crippen LogP contribution is 2.23. The predicted molar refractivity (Wildman–Crippen MR) is 164 cm³/mol. The highest BCUT2D eigenvalue weighted by molar-refractivity contribution is 7.92. The van der Waals surface area contributed by atoms with E-state index >= 15 is 0 Å². The number of fused-ring (bicyclic) bond motifs is 1. The van der Waals surface area contributed by atoms with Crippen molar-refractivity contribution in [1.29, 1.82) is 0 Å². The van der Waals surface area contributed by atoms with Crippen molar-refractivity contribution in [2.75, 3.05) is 24.1 Å². The second-order valence-corrected chi connectivity index (χ2v) is 13.6. The van der Waals surface area contributed by atoms with Crippen LogP contribution in [0, 0.1) is 6.92 Å². The minimum absolute atomic E-state index is 0.00289. The number of sulfonamides is 2. The summed E-state index contributed by atoms with van der Waals surface area (Å²) < 4.78 is 54.3. The van der Waals surface area contributed by atoms with Crippen molar-refractivity contribution in [2.45, 2.75) is 23.1 Å². The monoisotopic (exact) mass is 611 g/mol. The Labute approximate surface area is 244 Å². The molecule has 4 N–H and O–H groups in total. The summed E-state index contributed by atoms with van der Waals surface area (Å²) in [5.74, 6) is -0.390. The van der Waals surface area contributed by atoms with Crippen LogP contribution in [-0.4, -0.2) is 46.3 Å². The maximum atomic E-state index is 12.9. The number of benzene rings is 4. The van der Waals surface area contributed by atoms with Crippen LogP contribution in [0.4, 0.5) is 11.4 Å². The fraction of sp³-hybridized carbons (Fsp3) is 0.143. The fourth-order valence-corrected chi connectivity index (χ4v) is 6.04. The molecule has 13 heteroatoms. The van der Waals surface area contributed by atoms with E-state index in [9.17, 15) is 21.6 Å².